The fraction of sp³-hybridized carbons (Fsp3) is 0.571. The van der Waals surface area contributed by atoms with Gasteiger partial charge in [-0.3, -0.25) is 0 Å². The number of halogens is 1. The van der Waals surface area contributed by atoms with Crippen LogP contribution in [0.1, 0.15) is 39.0 Å². The van der Waals surface area contributed by atoms with E-state index in [1.807, 2.05) is 6.07 Å². The summed E-state index contributed by atoms with van der Waals surface area (Å²) in [5.41, 5.74) is 0.736. The zero-order chi connectivity index (χ0) is 12.5. The summed E-state index contributed by atoms with van der Waals surface area (Å²) in [5, 5.41) is 12.4. The highest BCUT2D eigenvalue weighted by molar-refractivity contribution is 5.43. The number of hydrogen-bond donors (Lipinski definition) is 2. The Labute approximate surface area is 103 Å². The molecule has 0 bridgehead atoms. The SMILES string of the molecule is CCCCCCC(CO)Nc1cccc(F)c1. The van der Waals surface area contributed by atoms with Gasteiger partial charge in [0.15, 0.2) is 0 Å². The lowest BCUT2D eigenvalue weighted by Gasteiger charge is -2.17. The van der Waals surface area contributed by atoms with Crippen molar-refractivity contribution < 1.29 is 9.50 Å². The van der Waals surface area contributed by atoms with Gasteiger partial charge in [-0.2, -0.15) is 0 Å². The molecule has 1 aromatic carbocycles. The molecular formula is C14H22FNO. The highest BCUT2D eigenvalue weighted by Gasteiger charge is 2.07. The van der Waals surface area contributed by atoms with Crippen LogP contribution in [0.5, 0.6) is 0 Å². The number of unbranched alkanes of at least 4 members (excludes halogenated alkanes) is 3. The van der Waals surface area contributed by atoms with Crippen LogP contribution in [0, 0.1) is 5.82 Å². The summed E-state index contributed by atoms with van der Waals surface area (Å²) in [6.07, 6.45) is 5.66. The van der Waals surface area contributed by atoms with Crippen LogP contribution in [0.25, 0.3) is 0 Å². The quantitative estimate of drug-likeness (QED) is 0.680. The van der Waals surface area contributed by atoms with Crippen molar-refractivity contribution in [3.63, 3.8) is 0 Å². The van der Waals surface area contributed by atoms with Crippen molar-refractivity contribution in [1.29, 1.82) is 0 Å². The Bertz CT molecular complexity index is 317. The van der Waals surface area contributed by atoms with E-state index in [1.54, 1.807) is 6.07 Å². The molecule has 1 aromatic rings. The zero-order valence-corrected chi connectivity index (χ0v) is 10.5. The van der Waals surface area contributed by atoms with E-state index in [1.165, 1.54) is 31.4 Å². The van der Waals surface area contributed by atoms with E-state index in [4.69, 9.17) is 0 Å². The lowest BCUT2D eigenvalue weighted by Crippen LogP contribution is -2.23. The minimum absolute atomic E-state index is 0.0219. The van der Waals surface area contributed by atoms with Crippen molar-refractivity contribution in [1.82, 2.24) is 0 Å². The predicted molar refractivity (Wildman–Crippen MR) is 69.7 cm³/mol. The van der Waals surface area contributed by atoms with Gasteiger partial charge in [0.25, 0.3) is 0 Å². The van der Waals surface area contributed by atoms with Gasteiger partial charge >= 0.3 is 0 Å². The highest BCUT2D eigenvalue weighted by Crippen LogP contribution is 2.13. The van der Waals surface area contributed by atoms with Crippen LogP contribution in [-0.2, 0) is 0 Å². The molecule has 0 aliphatic heterocycles. The van der Waals surface area contributed by atoms with Crippen LogP contribution < -0.4 is 5.32 Å². The van der Waals surface area contributed by atoms with Gasteiger partial charge < -0.3 is 10.4 Å². The van der Waals surface area contributed by atoms with Gasteiger partial charge in [-0.25, -0.2) is 4.39 Å². The molecule has 0 fully saturated rings. The number of anilines is 1. The normalized spacial score (nSPS) is 12.4. The van der Waals surface area contributed by atoms with E-state index in [0.717, 1.165) is 18.5 Å². The molecular weight excluding hydrogens is 217 g/mol. The summed E-state index contributed by atoms with van der Waals surface area (Å²) in [6, 6.07) is 6.38. The molecule has 0 aliphatic rings. The number of nitrogens with one attached hydrogen (secondary N) is 1. The average Bonchev–Trinajstić information content (AvgIpc) is 2.33. The molecule has 1 unspecified atom stereocenters. The molecule has 0 aliphatic carbocycles. The average molecular weight is 239 g/mol. The van der Waals surface area contributed by atoms with E-state index in [2.05, 4.69) is 12.2 Å². The van der Waals surface area contributed by atoms with Crippen LogP contribution in [0.15, 0.2) is 24.3 Å². The standard InChI is InChI=1S/C14H22FNO/c1-2-3-4-5-8-14(11-17)16-13-9-6-7-12(15)10-13/h6-7,9-10,14,16-17H,2-5,8,11H2,1H3. The maximum absolute atomic E-state index is 13.0. The topological polar surface area (TPSA) is 32.3 Å². The third kappa shape index (κ3) is 5.68. The Kier molecular flexibility index (Phi) is 6.63. The predicted octanol–water partition coefficient (Wildman–Crippen LogP) is 3.57. The Morgan fingerprint density at radius 1 is 1.29 bits per heavy atom. The van der Waals surface area contributed by atoms with E-state index >= 15 is 0 Å². The maximum atomic E-state index is 13.0. The molecule has 0 saturated heterocycles. The zero-order valence-electron chi connectivity index (χ0n) is 10.5. The lowest BCUT2D eigenvalue weighted by atomic mass is 10.1. The Hall–Kier alpha value is -1.09. The first-order valence-electron chi connectivity index (χ1n) is 6.39. The second-order valence-corrected chi connectivity index (χ2v) is 4.38. The number of benzene rings is 1. The Balaban J connectivity index is 2.35. The molecule has 2 nitrogen and oxygen atoms in total. The minimum Gasteiger partial charge on any atom is -0.394 e. The van der Waals surface area contributed by atoms with Crippen molar-refractivity contribution in [3.8, 4) is 0 Å². The second kappa shape index (κ2) is 8.07. The van der Waals surface area contributed by atoms with Crippen LogP contribution in [0.2, 0.25) is 0 Å². The van der Waals surface area contributed by atoms with Crippen molar-refractivity contribution in [3.05, 3.63) is 30.1 Å². The van der Waals surface area contributed by atoms with Crippen molar-refractivity contribution in [2.24, 2.45) is 0 Å². The molecule has 0 amide bonds. The first-order chi connectivity index (χ1) is 8.26. The molecule has 0 saturated carbocycles. The van der Waals surface area contributed by atoms with Crippen LogP contribution in [-0.4, -0.2) is 17.8 Å². The summed E-state index contributed by atoms with van der Waals surface area (Å²) < 4.78 is 13.0. The third-order valence-electron chi connectivity index (χ3n) is 2.82. The Morgan fingerprint density at radius 2 is 2.12 bits per heavy atom. The van der Waals surface area contributed by atoms with E-state index in [9.17, 15) is 9.50 Å². The molecule has 1 atom stereocenters. The monoisotopic (exact) mass is 239 g/mol. The van der Waals surface area contributed by atoms with Gasteiger partial charge in [-0.05, 0) is 24.6 Å². The molecule has 0 heterocycles. The summed E-state index contributed by atoms with van der Waals surface area (Å²) in [5.74, 6) is -0.252. The smallest absolute Gasteiger partial charge is 0.125 e. The molecule has 2 N–H and O–H groups in total. The van der Waals surface area contributed by atoms with Gasteiger partial charge in [0.2, 0.25) is 0 Å². The molecule has 3 heteroatoms. The number of aliphatic hydroxyl groups is 1. The van der Waals surface area contributed by atoms with Crippen LogP contribution >= 0.6 is 0 Å². The van der Waals surface area contributed by atoms with E-state index in [-0.39, 0.29) is 18.5 Å². The fourth-order valence-corrected chi connectivity index (χ4v) is 1.84. The number of aliphatic hydroxyl groups excluding tert-OH is 1. The summed E-state index contributed by atoms with van der Waals surface area (Å²) in [6.45, 7) is 2.26. The molecule has 1 rings (SSSR count). The highest BCUT2D eigenvalue weighted by atomic mass is 19.1. The van der Waals surface area contributed by atoms with Crippen molar-refractivity contribution in [2.75, 3.05) is 11.9 Å². The second-order valence-electron chi connectivity index (χ2n) is 4.38. The van der Waals surface area contributed by atoms with Gasteiger partial charge in [0.1, 0.15) is 5.82 Å². The summed E-state index contributed by atoms with van der Waals surface area (Å²) in [7, 11) is 0. The molecule has 17 heavy (non-hydrogen) atoms. The first kappa shape index (κ1) is 14.0. The molecule has 0 aromatic heterocycles. The summed E-state index contributed by atoms with van der Waals surface area (Å²) >= 11 is 0. The van der Waals surface area contributed by atoms with Gasteiger partial charge in [0, 0.05) is 11.7 Å². The fourth-order valence-electron chi connectivity index (χ4n) is 1.84. The van der Waals surface area contributed by atoms with Gasteiger partial charge in [0.05, 0.1) is 6.61 Å². The first-order valence-corrected chi connectivity index (χ1v) is 6.39. The number of rotatable bonds is 8. The van der Waals surface area contributed by atoms with Crippen LogP contribution in [0.4, 0.5) is 10.1 Å². The van der Waals surface area contributed by atoms with Crippen molar-refractivity contribution >= 4 is 5.69 Å². The van der Waals surface area contributed by atoms with Crippen LogP contribution in [0.3, 0.4) is 0 Å². The lowest BCUT2D eigenvalue weighted by molar-refractivity contribution is 0.266. The van der Waals surface area contributed by atoms with Gasteiger partial charge in [-0.15, -0.1) is 0 Å². The minimum atomic E-state index is -0.252. The van der Waals surface area contributed by atoms with Gasteiger partial charge in [-0.1, -0.05) is 38.7 Å². The van der Waals surface area contributed by atoms with E-state index in [0.29, 0.717) is 0 Å². The summed E-state index contributed by atoms with van der Waals surface area (Å²) in [4.78, 5) is 0. The molecule has 96 valence electrons. The Morgan fingerprint density at radius 3 is 2.76 bits per heavy atom. The maximum Gasteiger partial charge on any atom is 0.125 e. The molecule has 0 radical (unpaired) electrons. The third-order valence-corrected chi connectivity index (χ3v) is 2.82. The van der Waals surface area contributed by atoms with Crippen molar-refractivity contribution in [2.45, 2.75) is 45.1 Å². The van der Waals surface area contributed by atoms with E-state index < -0.39 is 0 Å². The molecule has 0 spiro atoms. The largest absolute Gasteiger partial charge is 0.394 e. The number of hydrogen-bond acceptors (Lipinski definition) is 2.